The molecule has 0 radical (unpaired) electrons. The maximum absolute atomic E-state index is 14.6. The number of halogens is 1. The maximum Gasteiger partial charge on any atom is 0.152 e. The minimum atomic E-state index is -1.35. The molecule has 0 fully saturated rings. The first kappa shape index (κ1) is 20.2. The number of para-hydroxylation sites is 1. The zero-order valence-electron chi connectivity index (χ0n) is 14.8. The van der Waals surface area contributed by atoms with Crippen molar-refractivity contribution in [2.45, 2.75) is 33.4 Å². The van der Waals surface area contributed by atoms with Gasteiger partial charge in [0, 0.05) is 17.5 Å². The van der Waals surface area contributed by atoms with Crippen molar-refractivity contribution < 1.29 is 9.50 Å². The minimum Gasteiger partial charge on any atom is -0.507 e. The monoisotopic (exact) mass is 344 g/mol. The molecule has 0 aliphatic heterocycles. The van der Waals surface area contributed by atoms with Crippen molar-refractivity contribution in [3.8, 4) is 17.0 Å². The fraction of sp³-hybridized carbons (Fsp3) is 0.263. The molecule has 0 aliphatic carbocycles. The van der Waals surface area contributed by atoms with E-state index >= 15 is 0 Å². The van der Waals surface area contributed by atoms with Gasteiger partial charge in [0.25, 0.3) is 0 Å². The van der Waals surface area contributed by atoms with Crippen molar-refractivity contribution in [3.63, 3.8) is 0 Å². The Balaban J connectivity index is 0.00000151. The Hall–Kier alpha value is -2.89. The summed E-state index contributed by atoms with van der Waals surface area (Å²) in [5, 5.41) is 17.6. The first-order chi connectivity index (χ1) is 12.1. The van der Waals surface area contributed by atoms with Crippen LogP contribution in [0.3, 0.4) is 0 Å². The molecule has 0 amide bonds. The third kappa shape index (κ3) is 5.31. The van der Waals surface area contributed by atoms with Gasteiger partial charge in [-0.05, 0) is 43.0 Å². The Morgan fingerprint density at radius 3 is 2.56 bits per heavy atom. The van der Waals surface area contributed by atoms with Crippen LogP contribution in [0.4, 0.5) is 10.2 Å². The zero-order chi connectivity index (χ0) is 18.8. The number of benzene rings is 1. The molecular weight excluding hydrogens is 319 g/mol. The SMILES string of the molecule is C/C=C(\C=C/N)CC(F)c1cc(-c2ccccc2O)nnc1N.CC. The smallest absolute Gasteiger partial charge is 0.152 e. The minimum absolute atomic E-state index is 0.0313. The summed E-state index contributed by atoms with van der Waals surface area (Å²) >= 11 is 0. The summed E-state index contributed by atoms with van der Waals surface area (Å²) in [6.45, 7) is 5.81. The lowest BCUT2D eigenvalue weighted by Gasteiger charge is -2.12. The summed E-state index contributed by atoms with van der Waals surface area (Å²) in [6, 6.07) is 8.18. The molecule has 0 saturated carbocycles. The van der Waals surface area contributed by atoms with Gasteiger partial charge in [-0.1, -0.05) is 32.1 Å². The molecule has 134 valence electrons. The molecule has 6 heteroatoms. The average Bonchev–Trinajstić information content (AvgIpc) is 2.64. The normalized spacial score (nSPS) is 12.6. The van der Waals surface area contributed by atoms with Gasteiger partial charge < -0.3 is 16.6 Å². The van der Waals surface area contributed by atoms with Crippen LogP contribution < -0.4 is 11.5 Å². The number of allylic oxidation sites excluding steroid dienone is 3. The van der Waals surface area contributed by atoms with Crippen molar-refractivity contribution in [1.29, 1.82) is 0 Å². The topological polar surface area (TPSA) is 98.0 Å². The number of hydrogen-bond acceptors (Lipinski definition) is 5. The Morgan fingerprint density at radius 2 is 1.96 bits per heavy atom. The van der Waals surface area contributed by atoms with Crippen molar-refractivity contribution in [2.75, 3.05) is 5.73 Å². The number of phenolic OH excluding ortho intramolecular Hbond substituents is 1. The van der Waals surface area contributed by atoms with Crippen LogP contribution in [0, 0.1) is 0 Å². The van der Waals surface area contributed by atoms with E-state index in [1.807, 2.05) is 20.8 Å². The van der Waals surface area contributed by atoms with E-state index in [1.54, 1.807) is 30.4 Å². The van der Waals surface area contributed by atoms with E-state index < -0.39 is 6.17 Å². The molecule has 0 saturated heterocycles. The lowest BCUT2D eigenvalue weighted by Crippen LogP contribution is -2.04. The molecule has 25 heavy (non-hydrogen) atoms. The summed E-state index contributed by atoms with van der Waals surface area (Å²) in [5.41, 5.74) is 12.9. The van der Waals surface area contributed by atoms with Crippen molar-refractivity contribution in [3.05, 3.63) is 59.8 Å². The first-order valence-corrected chi connectivity index (χ1v) is 8.15. The van der Waals surface area contributed by atoms with Gasteiger partial charge in [-0.3, -0.25) is 0 Å². The number of nitrogens with two attached hydrogens (primary N) is 2. The van der Waals surface area contributed by atoms with Crippen molar-refractivity contribution >= 4 is 5.82 Å². The predicted molar refractivity (Wildman–Crippen MR) is 100 cm³/mol. The second-order valence-corrected chi connectivity index (χ2v) is 4.98. The quantitative estimate of drug-likeness (QED) is 0.703. The molecular formula is C19H25FN4O. The van der Waals surface area contributed by atoms with Crippen LogP contribution in [0.1, 0.15) is 38.9 Å². The molecule has 0 spiro atoms. The molecule has 1 atom stereocenters. The van der Waals surface area contributed by atoms with E-state index in [0.717, 1.165) is 5.57 Å². The summed E-state index contributed by atoms with van der Waals surface area (Å²) in [6.07, 6.45) is 3.56. The molecule has 0 bridgehead atoms. The number of nitrogen functional groups attached to an aromatic ring is 1. The number of anilines is 1. The fourth-order valence-corrected chi connectivity index (χ4v) is 2.21. The third-order valence-corrected chi connectivity index (χ3v) is 3.47. The highest BCUT2D eigenvalue weighted by Crippen LogP contribution is 2.33. The lowest BCUT2D eigenvalue weighted by atomic mass is 10.0. The number of rotatable bonds is 5. The standard InChI is InChI=1S/C17H19FN4O.C2H6/c1-2-11(7-8-19)9-14(18)13-10-15(21-22-17(13)20)12-5-3-4-6-16(12)23;1-2/h2-8,10,14,23H,9,19H2,1H3,(H2,20,22);1-2H3/b8-7-,11-2+;. The van der Waals surface area contributed by atoms with Crippen LogP contribution in [-0.2, 0) is 0 Å². The molecule has 1 unspecified atom stereocenters. The van der Waals surface area contributed by atoms with Crippen LogP contribution in [0.5, 0.6) is 5.75 Å². The Morgan fingerprint density at radius 1 is 1.28 bits per heavy atom. The van der Waals surface area contributed by atoms with Crippen LogP contribution in [-0.4, -0.2) is 15.3 Å². The molecule has 5 nitrogen and oxygen atoms in total. The van der Waals surface area contributed by atoms with Gasteiger partial charge in [0.15, 0.2) is 5.82 Å². The van der Waals surface area contributed by atoms with Crippen LogP contribution >= 0.6 is 0 Å². The number of aromatic nitrogens is 2. The van der Waals surface area contributed by atoms with E-state index in [9.17, 15) is 9.50 Å². The average molecular weight is 344 g/mol. The second kappa shape index (κ2) is 10.1. The second-order valence-electron chi connectivity index (χ2n) is 4.98. The summed E-state index contributed by atoms with van der Waals surface area (Å²) in [4.78, 5) is 0. The predicted octanol–water partition coefficient (Wildman–Crippen LogP) is 4.28. The number of phenols is 1. The van der Waals surface area contributed by atoms with Crippen LogP contribution in [0.15, 0.2) is 54.3 Å². The summed E-state index contributed by atoms with van der Waals surface area (Å²) in [7, 11) is 0. The van der Waals surface area contributed by atoms with Gasteiger partial charge >= 0.3 is 0 Å². The number of hydrogen-bond donors (Lipinski definition) is 3. The molecule has 2 rings (SSSR count). The fourth-order valence-electron chi connectivity index (χ4n) is 2.21. The maximum atomic E-state index is 14.6. The molecule has 1 aromatic carbocycles. The summed E-state index contributed by atoms with van der Waals surface area (Å²) < 4.78 is 14.6. The van der Waals surface area contributed by atoms with Crippen molar-refractivity contribution in [1.82, 2.24) is 10.2 Å². The van der Waals surface area contributed by atoms with E-state index in [2.05, 4.69) is 10.2 Å². The van der Waals surface area contributed by atoms with Crippen molar-refractivity contribution in [2.24, 2.45) is 5.73 Å². The van der Waals surface area contributed by atoms with E-state index in [0.29, 0.717) is 11.3 Å². The van der Waals surface area contributed by atoms with Gasteiger partial charge in [-0.2, -0.15) is 0 Å². The summed E-state index contributed by atoms with van der Waals surface area (Å²) in [5.74, 6) is 0.0805. The van der Waals surface area contributed by atoms with Gasteiger partial charge in [0.2, 0.25) is 0 Å². The van der Waals surface area contributed by atoms with E-state index in [-0.39, 0.29) is 23.6 Å². The molecule has 1 aromatic heterocycles. The Labute approximate surface area is 147 Å². The van der Waals surface area contributed by atoms with E-state index in [4.69, 9.17) is 11.5 Å². The van der Waals surface area contributed by atoms with Crippen LogP contribution in [0.25, 0.3) is 11.3 Å². The Bertz CT molecular complexity index is 744. The van der Waals surface area contributed by atoms with Gasteiger partial charge in [-0.25, -0.2) is 4.39 Å². The number of aromatic hydroxyl groups is 1. The Kier molecular flexibility index (Phi) is 8.12. The highest BCUT2D eigenvalue weighted by atomic mass is 19.1. The first-order valence-electron chi connectivity index (χ1n) is 8.15. The van der Waals surface area contributed by atoms with Gasteiger partial charge in [0.05, 0.1) is 5.69 Å². The van der Waals surface area contributed by atoms with Gasteiger partial charge in [-0.15, -0.1) is 10.2 Å². The molecule has 1 heterocycles. The van der Waals surface area contributed by atoms with E-state index in [1.165, 1.54) is 18.3 Å². The number of nitrogens with zero attached hydrogens (tertiary/aromatic N) is 2. The molecule has 5 N–H and O–H groups in total. The highest BCUT2D eigenvalue weighted by Gasteiger charge is 2.18. The zero-order valence-corrected chi connectivity index (χ0v) is 14.8. The lowest BCUT2D eigenvalue weighted by molar-refractivity contribution is 0.343. The molecule has 0 aliphatic rings. The van der Waals surface area contributed by atoms with Gasteiger partial charge in [0.1, 0.15) is 11.9 Å². The third-order valence-electron chi connectivity index (χ3n) is 3.47. The highest BCUT2D eigenvalue weighted by molar-refractivity contribution is 5.67. The van der Waals surface area contributed by atoms with Crippen LogP contribution in [0.2, 0.25) is 0 Å². The molecule has 2 aromatic rings. The largest absolute Gasteiger partial charge is 0.507 e. The number of alkyl halides is 1.